The van der Waals surface area contributed by atoms with Gasteiger partial charge in [-0.05, 0) is 46.9 Å². The van der Waals surface area contributed by atoms with Crippen molar-refractivity contribution in [2.45, 2.75) is 6.10 Å². The first-order chi connectivity index (χ1) is 9.47. The molecule has 0 aliphatic heterocycles. The summed E-state index contributed by atoms with van der Waals surface area (Å²) in [5.41, 5.74) is 0.847. The highest BCUT2D eigenvalue weighted by molar-refractivity contribution is 14.1. The van der Waals surface area contributed by atoms with E-state index in [9.17, 15) is 13.9 Å². The van der Waals surface area contributed by atoms with Crippen LogP contribution in [0.25, 0.3) is 0 Å². The summed E-state index contributed by atoms with van der Waals surface area (Å²) in [7, 11) is 0. The average molecular weight is 410 g/mol. The van der Waals surface area contributed by atoms with Crippen molar-refractivity contribution in [1.82, 2.24) is 0 Å². The van der Waals surface area contributed by atoms with Gasteiger partial charge < -0.3 is 10.4 Å². The zero-order valence-electron chi connectivity index (χ0n) is 10.2. The zero-order chi connectivity index (χ0) is 14.7. The highest BCUT2D eigenvalue weighted by atomic mass is 127. The van der Waals surface area contributed by atoms with Crippen molar-refractivity contribution >= 4 is 39.9 Å². The first-order valence-electron chi connectivity index (χ1n) is 5.79. The van der Waals surface area contributed by atoms with E-state index >= 15 is 0 Å². The Morgan fingerprint density at radius 2 is 1.95 bits per heavy atom. The van der Waals surface area contributed by atoms with Gasteiger partial charge in [-0.15, -0.1) is 0 Å². The van der Waals surface area contributed by atoms with E-state index in [4.69, 9.17) is 11.6 Å². The van der Waals surface area contributed by atoms with Crippen molar-refractivity contribution in [2.75, 3.05) is 11.9 Å². The Morgan fingerprint density at radius 3 is 2.60 bits per heavy atom. The largest absolute Gasteiger partial charge is 0.386 e. The van der Waals surface area contributed by atoms with Crippen molar-refractivity contribution in [3.8, 4) is 0 Å². The lowest BCUT2D eigenvalue weighted by Gasteiger charge is -2.15. The maximum absolute atomic E-state index is 13.5. The number of aliphatic hydroxyl groups is 1. The molecule has 106 valence electrons. The highest BCUT2D eigenvalue weighted by Crippen LogP contribution is 2.24. The van der Waals surface area contributed by atoms with E-state index in [2.05, 4.69) is 27.9 Å². The van der Waals surface area contributed by atoms with E-state index in [1.807, 2.05) is 0 Å². The average Bonchev–Trinajstić information content (AvgIpc) is 2.37. The van der Waals surface area contributed by atoms with Gasteiger partial charge in [-0.1, -0.05) is 17.7 Å². The van der Waals surface area contributed by atoms with Gasteiger partial charge in [-0.3, -0.25) is 0 Å². The Morgan fingerprint density at radius 1 is 1.20 bits per heavy atom. The molecule has 2 aromatic carbocycles. The first kappa shape index (κ1) is 15.5. The summed E-state index contributed by atoms with van der Waals surface area (Å²) >= 11 is 7.95. The van der Waals surface area contributed by atoms with Crippen LogP contribution in [0.1, 0.15) is 11.7 Å². The number of aliphatic hydroxyl groups excluding tert-OH is 1. The molecule has 0 aliphatic carbocycles. The maximum Gasteiger partial charge on any atom is 0.131 e. The Balaban J connectivity index is 2.06. The van der Waals surface area contributed by atoms with E-state index in [0.29, 0.717) is 5.02 Å². The molecule has 0 fully saturated rings. The third-order valence-electron chi connectivity index (χ3n) is 2.74. The minimum absolute atomic E-state index is 0.0582. The fourth-order valence-corrected chi connectivity index (χ4v) is 2.78. The van der Waals surface area contributed by atoms with Crippen molar-refractivity contribution < 1.29 is 13.9 Å². The SMILES string of the molecule is OC(CNc1ccc(Cl)cc1I)c1ccc(F)cc1F. The summed E-state index contributed by atoms with van der Waals surface area (Å²) in [6, 6.07) is 8.38. The Labute approximate surface area is 133 Å². The Kier molecular flexibility index (Phi) is 5.17. The first-order valence-corrected chi connectivity index (χ1v) is 7.25. The normalized spacial score (nSPS) is 12.2. The summed E-state index contributed by atoms with van der Waals surface area (Å²) in [6.45, 7) is 0.111. The second-order valence-electron chi connectivity index (χ2n) is 4.19. The standard InChI is InChI=1S/C14H11ClF2INO/c15-8-1-4-13(12(18)5-8)19-7-14(20)10-3-2-9(16)6-11(10)17/h1-6,14,19-20H,7H2. The molecular formula is C14H11ClF2INO. The van der Waals surface area contributed by atoms with Crippen LogP contribution in [0.4, 0.5) is 14.5 Å². The molecule has 6 heteroatoms. The Hall–Kier alpha value is -0.920. The van der Waals surface area contributed by atoms with E-state index in [1.54, 1.807) is 18.2 Å². The van der Waals surface area contributed by atoms with E-state index in [1.165, 1.54) is 6.07 Å². The van der Waals surface area contributed by atoms with Crippen LogP contribution in [0.2, 0.25) is 5.02 Å². The molecule has 2 N–H and O–H groups in total. The molecule has 0 aliphatic rings. The second-order valence-corrected chi connectivity index (χ2v) is 5.79. The van der Waals surface area contributed by atoms with Gasteiger partial charge >= 0.3 is 0 Å². The predicted molar refractivity (Wildman–Crippen MR) is 84.0 cm³/mol. The molecule has 0 saturated heterocycles. The van der Waals surface area contributed by atoms with Crippen LogP contribution in [0, 0.1) is 15.2 Å². The molecule has 0 heterocycles. The van der Waals surface area contributed by atoms with Crippen LogP contribution in [-0.4, -0.2) is 11.7 Å². The monoisotopic (exact) mass is 409 g/mol. The maximum atomic E-state index is 13.5. The lowest BCUT2D eigenvalue weighted by atomic mass is 10.1. The molecule has 0 amide bonds. The molecule has 0 spiro atoms. The number of hydrogen-bond donors (Lipinski definition) is 2. The van der Waals surface area contributed by atoms with Gasteiger partial charge in [0.2, 0.25) is 0 Å². The number of benzene rings is 2. The van der Waals surface area contributed by atoms with Crippen molar-refractivity contribution in [3.63, 3.8) is 0 Å². The van der Waals surface area contributed by atoms with Crippen LogP contribution in [-0.2, 0) is 0 Å². The van der Waals surface area contributed by atoms with Crippen molar-refractivity contribution in [2.24, 2.45) is 0 Å². The molecule has 0 saturated carbocycles. The Bertz CT molecular complexity index is 624. The highest BCUT2D eigenvalue weighted by Gasteiger charge is 2.13. The minimum atomic E-state index is -1.07. The van der Waals surface area contributed by atoms with Crippen LogP contribution in [0.3, 0.4) is 0 Å². The molecule has 1 atom stereocenters. The molecule has 0 radical (unpaired) electrons. The van der Waals surface area contributed by atoms with Gasteiger partial charge in [0.25, 0.3) is 0 Å². The second kappa shape index (κ2) is 6.69. The van der Waals surface area contributed by atoms with Gasteiger partial charge in [-0.2, -0.15) is 0 Å². The summed E-state index contributed by atoms with van der Waals surface area (Å²) in [6.07, 6.45) is -1.07. The molecular weight excluding hydrogens is 399 g/mol. The quantitative estimate of drug-likeness (QED) is 0.735. The van der Waals surface area contributed by atoms with Crippen LogP contribution < -0.4 is 5.32 Å². The van der Waals surface area contributed by atoms with Crippen molar-refractivity contribution in [3.05, 3.63) is 62.2 Å². The fourth-order valence-electron chi connectivity index (χ4n) is 1.72. The van der Waals surface area contributed by atoms with Gasteiger partial charge in [0, 0.05) is 32.5 Å². The number of halogens is 4. The summed E-state index contributed by atoms with van der Waals surface area (Å²) < 4.78 is 27.2. The van der Waals surface area contributed by atoms with E-state index < -0.39 is 17.7 Å². The summed E-state index contributed by atoms with van der Waals surface area (Å²) in [4.78, 5) is 0. The van der Waals surface area contributed by atoms with Crippen LogP contribution in [0.5, 0.6) is 0 Å². The van der Waals surface area contributed by atoms with Gasteiger partial charge in [-0.25, -0.2) is 8.78 Å². The van der Waals surface area contributed by atoms with E-state index in [0.717, 1.165) is 21.4 Å². The van der Waals surface area contributed by atoms with Crippen molar-refractivity contribution in [1.29, 1.82) is 0 Å². The molecule has 20 heavy (non-hydrogen) atoms. The summed E-state index contributed by atoms with van der Waals surface area (Å²) in [5, 5.41) is 13.6. The molecule has 1 unspecified atom stereocenters. The lowest BCUT2D eigenvalue weighted by molar-refractivity contribution is 0.186. The third kappa shape index (κ3) is 3.80. The van der Waals surface area contributed by atoms with Gasteiger partial charge in [0.15, 0.2) is 0 Å². The lowest BCUT2D eigenvalue weighted by Crippen LogP contribution is -2.14. The number of hydrogen-bond acceptors (Lipinski definition) is 2. The third-order valence-corrected chi connectivity index (χ3v) is 3.87. The van der Waals surface area contributed by atoms with Crippen LogP contribution in [0.15, 0.2) is 36.4 Å². The smallest absolute Gasteiger partial charge is 0.131 e. The van der Waals surface area contributed by atoms with Gasteiger partial charge in [0.1, 0.15) is 11.6 Å². The number of nitrogens with one attached hydrogen (secondary N) is 1. The zero-order valence-corrected chi connectivity index (χ0v) is 13.1. The minimum Gasteiger partial charge on any atom is -0.386 e. The van der Waals surface area contributed by atoms with E-state index in [-0.39, 0.29) is 12.1 Å². The fraction of sp³-hybridized carbons (Fsp3) is 0.143. The molecule has 0 aromatic heterocycles. The molecule has 2 aromatic rings. The number of rotatable bonds is 4. The predicted octanol–water partition coefficient (Wildman–Crippen LogP) is 4.37. The summed E-state index contributed by atoms with van der Waals surface area (Å²) in [5.74, 6) is -1.43. The topological polar surface area (TPSA) is 32.3 Å². The molecule has 2 nitrogen and oxygen atoms in total. The molecule has 0 bridgehead atoms. The molecule has 2 rings (SSSR count). The van der Waals surface area contributed by atoms with Gasteiger partial charge in [0.05, 0.1) is 6.10 Å². The number of anilines is 1. The van der Waals surface area contributed by atoms with Crippen LogP contribution >= 0.6 is 34.2 Å².